The molecule has 0 saturated carbocycles. The maximum Gasteiger partial charge on any atom is 0.314 e. The summed E-state index contributed by atoms with van der Waals surface area (Å²) in [5.74, 6) is -1.14. The monoisotopic (exact) mass is 584 g/mol. The molecular weight excluding hydrogens is 528 g/mol. The minimum atomic E-state index is -1.15. The maximum atomic E-state index is 11.7. The lowest BCUT2D eigenvalue weighted by Gasteiger charge is -2.20. The predicted octanol–water partition coefficient (Wildman–Crippen LogP) is 5.48. The number of aliphatic hydroxyl groups excluding tert-OH is 3. The van der Waals surface area contributed by atoms with Crippen molar-refractivity contribution >= 4 is 17.9 Å². The van der Waals surface area contributed by atoms with E-state index in [1.54, 1.807) is 0 Å². The lowest BCUT2D eigenvalue weighted by atomic mass is 10.1. The first-order chi connectivity index (χ1) is 19.6. The van der Waals surface area contributed by atoms with Gasteiger partial charge in [-0.05, 0) is 46.0 Å². The van der Waals surface area contributed by atoms with Gasteiger partial charge in [0.1, 0.15) is 31.0 Å². The van der Waals surface area contributed by atoms with Gasteiger partial charge in [0.25, 0.3) is 0 Å². The number of esters is 3. The van der Waals surface area contributed by atoms with Gasteiger partial charge in [-0.25, -0.2) is 0 Å². The molecule has 2 heterocycles. The van der Waals surface area contributed by atoms with Crippen LogP contribution in [-0.2, 0) is 28.6 Å². The molecule has 0 spiro atoms. The van der Waals surface area contributed by atoms with E-state index in [-0.39, 0.29) is 32.0 Å². The van der Waals surface area contributed by atoms with Crippen LogP contribution in [0.25, 0.3) is 0 Å². The highest BCUT2D eigenvalue weighted by Gasteiger charge is 2.39. The Labute approximate surface area is 247 Å². The summed E-state index contributed by atoms with van der Waals surface area (Å²) in [5, 5.41) is 29.0. The first-order valence-electron chi connectivity index (χ1n) is 15.4. The van der Waals surface area contributed by atoms with E-state index in [0.717, 1.165) is 25.7 Å². The van der Waals surface area contributed by atoms with E-state index in [1.165, 1.54) is 63.4 Å². The van der Waals surface area contributed by atoms with Gasteiger partial charge in [-0.2, -0.15) is 0 Å². The van der Waals surface area contributed by atoms with Gasteiger partial charge < -0.3 is 29.5 Å². The fourth-order valence-electron chi connectivity index (χ4n) is 4.08. The van der Waals surface area contributed by atoms with Crippen LogP contribution in [0.1, 0.15) is 124 Å². The molecule has 4 atom stereocenters. The average Bonchev–Trinajstić information content (AvgIpc) is 3.47. The highest BCUT2D eigenvalue weighted by molar-refractivity contribution is 5.92. The van der Waals surface area contributed by atoms with Crippen LogP contribution in [0.2, 0.25) is 0 Å². The van der Waals surface area contributed by atoms with Crippen LogP contribution in [0.15, 0.2) is 24.3 Å². The molecule has 2 saturated heterocycles. The van der Waals surface area contributed by atoms with Crippen molar-refractivity contribution in [2.45, 2.75) is 148 Å². The molecule has 9 heteroatoms. The smallest absolute Gasteiger partial charge is 0.314 e. The Morgan fingerprint density at radius 1 is 0.927 bits per heavy atom. The highest BCUT2D eigenvalue weighted by Crippen LogP contribution is 2.18. The third-order valence-corrected chi connectivity index (χ3v) is 6.39. The molecule has 2 rings (SSSR count). The average molecular weight is 585 g/mol. The molecule has 2 fully saturated rings. The number of rotatable bonds is 18. The molecule has 0 bridgehead atoms. The van der Waals surface area contributed by atoms with E-state index in [9.17, 15) is 29.7 Å². The van der Waals surface area contributed by atoms with Crippen LogP contribution in [0.5, 0.6) is 0 Å². The molecule has 0 radical (unpaired) electrons. The second-order valence-corrected chi connectivity index (χ2v) is 11.0. The van der Waals surface area contributed by atoms with E-state index in [0.29, 0.717) is 6.42 Å². The fraction of sp³-hybridized carbons (Fsp3) is 0.781. The van der Waals surface area contributed by atoms with Crippen molar-refractivity contribution in [1.82, 2.24) is 0 Å². The van der Waals surface area contributed by atoms with E-state index in [1.807, 2.05) is 13.8 Å². The summed E-state index contributed by atoms with van der Waals surface area (Å²) in [5.41, 5.74) is 1.17. The number of aliphatic hydroxyl groups is 3. The first-order valence-corrected chi connectivity index (χ1v) is 15.4. The van der Waals surface area contributed by atoms with Crippen molar-refractivity contribution in [1.29, 1.82) is 0 Å². The molecule has 0 aromatic carbocycles. The molecule has 238 valence electrons. The van der Waals surface area contributed by atoms with Gasteiger partial charge in [0.2, 0.25) is 0 Å². The van der Waals surface area contributed by atoms with Crippen molar-refractivity contribution in [2.75, 3.05) is 13.2 Å². The van der Waals surface area contributed by atoms with Crippen molar-refractivity contribution < 1.29 is 43.9 Å². The molecule has 2 aliphatic heterocycles. The largest absolute Gasteiger partial charge is 0.463 e. The first kappa shape index (κ1) is 38.9. The predicted molar refractivity (Wildman–Crippen MR) is 159 cm³/mol. The summed E-state index contributed by atoms with van der Waals surface area (Å²) in [6.45, 7) is 9.50. The van der Waals surface area contributed by atoms with Gasteiger partial charge in [-0.3, -0.25) is 14.4 Å². The minimum Gasteiger partial charge on any atom is -0.463 e. The third-order valence-electron chi connectivity index (χ3n) is 6.39. The second-order valence-electron chi connectivity index (χ2n) is 11.0. The molecule has 0 aromatic heterocycles. The summed E-state index contributed by atoms with van der Waals surface area (Å²) in [6, 6.07) is 0. The Bertz CT molecular complexity index is 731. The van der Waals surface area contributed by atoms with Crippen molar-refractivity contribution in [3.8, 4) is 0 Å². The molecule has 3 N–H and O–H groups in total. The number of hydrogen-bond donors (Lipinski definition) is 3. The van der Waals surface area contributed by atoms with Crippen LogP contribution in [0.3, 0.4) is 0 Å². The Balaban J connectivity index is 0.00000121. The summed E-state index contributed by atoms with van der Waals surface area (Å²) in [6.07, 6.45) is 17.0. The standard InChI is InChI=1S/C24H44O6.C4H4O3.C4H8/c1-2-3-4-5-6-7-8-9-10-11-12-13-14-15-16-17-22(27)29-19-21(26)24-23(28)20(25)18-30-24;5-3-1-2-4(6)7-3;1-4(2)3/h9-10,20-21,23-26,28H,2-8,11-19H2,1H3;1-2H2;1H2,2-3H3/b10-9-;;/t20-,21+,23+,24+;;/m0../s1. The van der Waals surface area contributed by atoms with Crippen LogP contribution < -0.4 is 0 Å². The van der Waals surface area contributed by atoms with Gasteiger partial charge in [0.15, 0.2) is 0 Å². The van der Waals surface area contributed by atoms with Gasteiger partial charge in [0, 0.05) is 6.42 Å². The zero-order chi connectivity index (χ0) is 30.9. The minimum absolute atomic E-state index is 0.0221. The summed E-state index contributed by atoms with van der Waals surface area (Å²) in [7, 11) is 0. The summed E-state index contributed by atoms with van der Waals surface area (Å²) in [4.78, 5) is 31.8. The van der Waals surface area contributed by atoms with Gasteiger partial charge >= 0.3 is 17.9 Å². The highest BCUT2D eigenvalue weighted by atomic mass is 16.6. The lowest BCUT2D eigenvalue weighted by molar-refractivity contribution is -0.152. The zero-order valence-corrected chi connectivity index (χ0v) is 25.7. The van der Waals surface area contributed by atoms with Crippen LogP contribution in [0.4, 0.5) is 0 Å². The molecule has 0 aromatic rings. The van der Waals surface area contributed by atoms with E-state index in [4.69, 9.17) is 9.47 Å². The van der Waals surface area contributed by atoms with Crippen LogP contribution in [-0.4, -0.2) is 70.9 Å². The fourth-order valence-corrected chi connectivity index (χ4v) is 4.08. The maximum absolute atomic E-state index is 11.7. The molecule has 0 amide bonds. The van der Waals surface area contributed by atoms with E-state index < -0.39 is 36.4 Å². The van der Waals surface area contributed by atoms with Crippen molar-refractivity contribution in [2.24, 2.45) is 0 Å². The Morgan fingerprint density at radius 2 is 1.41 bits per heavy atom. The number of carbonyl (C=O) groups excluding carboxylic acids is 3. The SMILES string of the molecule is C=C(C)C.CCCCCCCC/C=C\CCCCCCCC(=O)OC[C@@H](O)[C@H]1OC[C@H](O)[C@H]1O.O=C1CCC(=O)O1. The van der Waals surface area contributed by atoms with E-state index >= 15 is 0 Å². The Hall–Kier alpha value is -2.07. The normalized spacial score (nSPS) is 20.6. The van der Waals surface area contributed by atoms with Gasteiger partial charge in [-0.1, -0.05) is 76.0 Å². The number of allylic oxidation sites excluding steroid dienone is 3. The third kappa shape index (κ3) is 23.2. The number of hydrogen-bond acceptors (Lipinski definition) is 9. The molecule has 41 heavy (non-hydrogen) atoms. The zero-order valence-electron chi connectivity index (χ0n) is 25.7. The van der Waals surface area contributed by atoms with Gasteiger partial charge in [0.05, 0.1) is 19.4 Å². The second kappa shape index (κ2) is 25.6. The van der Waals surface area contributed by atoms with E-state index in [2.05, 4.69) is 30.4 Å². The van der Waals surface area contributed by atoms with Crippen molar-refractivity contribution in [3.05, 3.63) is 24.3 Å². The summed E-state index contributed by atoms with van der Waals surface area (Å²) < 4.78 is 14.2. The van der Waals surface area contributed by atoms with Gasteiger partial charge in [-0.15, -0.1) is 6.58 Å². The molecule has 2 aliphatic rings. The summed E-state index contributed by atoms with van der Waals surface area (Å²) >= 11 is 0. The number of cyclic esters (lactones) is 2. The quantitative estimate of drug-likeness (QED) is 0.0827. The molecule has 0 aliphatic carbocycles. The number of unbranched alkanes of at least 4 members (excludes halogenated alkanes) is 11. The Morgan fingerprint density at radius 3 is 1.85 bits per heavy atom. The molecular formula is C32H56O9. The van der Waals surface area contributed by atoms with Crippen LogP contribution in [0, 0.1) is 0 Å². The lowest BCUT2D eigenvalue weighted by Crippen LogP contribution is -2.41. The number of ether oxygens (including phenoxy) is 3. The Kier molecular flexibility index (Phi) is 24.3. The van der Waals surface area contributed by atoms with Crippen LogP contribution >= 0.6 is 0 Å². The molecule has 9 nitrogen and oxygen atoms in total. The topological polar surface area (TPSA) is 140 Å². The molecule has 0 unspecified atom stereocenters. The van der Waals surface area contributed by atoms with Crippen molar-refractivity contribution in [3.63, 3.8) is 0 Å². The number of carbonyl (C=O) groups is 3.